The minimum Gasteiger partial charge on any atom is -0.352 e. The van der Waals surface area contributed by atoms with Gasteiger partial charge in [-0.3, -0.25) is 4.21 Å². The predicted molar refractivity (Wildman–Crippen MR) is 84.8 cm³/mol. The molecule has 1 aliphatic rings. The quantitative estimate of drug-likeness (QED) is 0.855. The Kier molecular flexibility index (Phi) is 4.62. The molecule has 0 spiro atoms. The summed E-state index contributed by atoms with van der Waals surface area (Å²) in [6.07, 6.45) is 1.74. The third-order valence-electron chi connectivity index (χ3n) is 4.64. The zero-order valence-corrected chi connectivity index (χ0v) is 14.0. The first kappa shape index (κ1) is 15.9. The number of nitriles is 1. The van der Waals surface area contributed by atoms with Gasteiger partial charge < -0.3 is 4.90 Å². The maximum Gasteiger partial charge on any atom is 0.169 e. The Morgan fingerprint density at radius 1 is 1.33 bits per heavy atom. The first-order valence-corrected chi connectivity index (χ1v) is 8.68. The van der Waals surface area contributed by atoms with E-state index in [0.29, 0.717) is 30.2 Å². The molecule has 1 fully saturated rings. The fourth-order valence-electron chi connectivity index (χ4n) is 2.84. The van der Waals surface area contributed by atoms with Crippen LogP contribution in [-0.4, -0.2) is 38.0 Å². The lowest BCUT2D eigenvalue weighted by Gasteiger charge is -2.41. The van der Waals surface area contributed by atoms with Gasteiger partial charge in [-0.05, 0) is 32.3 Å². The van der Waals surface area contributed by atoms with Gasteiger partial charge >= 0.3 is 0 Å². The first-order chi connectivity index (χ1) is 9.99. The highest BCUT2D eigenvalue weighted by molar-refractivity contribution is 7.86. The molecule has 2 rings (SSSR count). The van der Waals surface area contributed by atoms with Crippen molar-refractivity contribution in [3.8, 4) is 6.07 Å². The van der Waals surface area contributed by atoms with Gasteiger partial charge in [0.1, 0.15) is 11.6 Å². The fraction of sp³-hybridized carbons (Fsp3) is 0.667. The monoisotopic (exact) mass is 306 g/mol. The number of nitrogens with zero attached hydrogens (tertiary/aromatic N) is 4. The maximum atomic E-state index is 12.4. The van der Waals surface area contributed by atoms with Crippen LogP contribution in [0.4, 0.5) is 5.82 Å². The van der Waals surface area contributed by atoms with E-state index in [4.69, 9.17) is 0 Å². The van der Waals surface area contributed by atoms with Gasteiger partial charge in [-0.1, -0.05) is 13.8 Å². The molecule has 0 aliphatic carbocycles. The van der Waals surface area contributed by atoms with E-state index in [-0.39, 0.29) is 4.75 Å². The van der Waals surface area contributed by atoms with Crippen molar-refractivity contribution in [2.24, 2.45) is 0 Å². The lowest BCUT2D eigenvalue weighted by atomic mass is 10.0. The molecule has 1 atom stereocenters. The Balaban J connectivity index is 2.42. The lowest BCUT2D eigenvalue weighted by molar-refractivity contribution is 0.493. The molecule has 0 N–H and O–H groups in total. The number of hydrogen-bond acceptors (Lipinski definition) is 5. The molecule has 114 valence electrons. The molecular formula is C15H22N4OS. The van der Waals surface area contributed by atoms with Crippen LogP contribution in [0.3, 0.4) is 0 Å². The van der Waals surface area contributed by atoms with E-state index in [0.717, 1.165) is 24.1 Å². The second kappa shape index (κ2) is 6.10. The molecule has 0 saturated carbocycles. The lowest BCUT2D eigenvalue weighted by Crippen LogP contribution is -2.53. The molecule has 0 aromatic carbocycles. The van der Waals surface area contributed by atoms with E-state index in [9.17, 15) is 9.47 Å². The highest BCUT2D eigenvalue weighted by Gasteiger charge is 2.40. The highest BCUT2D eigenvalue weighted by atomic mass is 32.2. The molecule has 5 nitrogen and oxygen atoms in total. The van der Waals surface area contributed by atoms with E-state index in [2.05, 4.69) is 35.0 Å². The molecule has 0 bridgehead atoms. The van der Waals surface area contributed by atoms with E-state index < -0.39 is 10.8 Å². The Hall–Kier alpha value is -1.48. The van der Waals surface area contributed by atoms with Gasteiger partial charge in [0.15, 0.2) is 5.82 Å². The first-order valence-electron chi connectivity index (χ1n) is 7.36. The molecule has 1 aliphatic heterocycles. The van der Waals surface area contributed by atoms with Gasteiger partial charge in [-0.25, -0.2) is 0 Å². The average molecular weight is 306 g/mol. The zero-order valence-electron chi connectivity index (χ0n) is 13.1. The summed E-state index contributed by atoms with van der Waals surface area (Å²) in [5.74, 6) is 1.27. The van der Waals surface area contributed by atoms with Crippen LogP contribution in [-0.2, 0) is 10.8 Å². The van der Waals surface area contributed by atoms with Crippen LogP contribution in [0.15, 0.2) is 0 Å². The number of aryl methyl sites for hydroxylation is 1. The number of rotatable bonds is 3. The van der Waals surface area contributed by atoms with Gasteiger partial charge in [0.2, 0.25) is 0 Å². The van der Waals surface area contributed by atoms with Crippen LogP contribution in [0.5, 0.6) is 0 Å². The van der Waals surface area contributed by atoms with Gasteiger partial charge in [0.25, 0.3) is 0 Å². The number of anilines is 1. The summed E-state index contributed by atoms with van der Waals surface area (Å²) < 4.78 is 12.2. The summed E-state index contributed by atoms with van der Waals surface area (Å²) in [5, 5.41) is 17.9. The number of aromatic nitrogens is 2. The summed E-state index contributed by atoms with van der Waals surface area (Å²) in [5.41, 5.74) is 2.26. The largest absolute Gasteiger partial charge is 0.352 e. The van der Waals surface area contributed by atoms with Crippen LogP contribution < -0.4 is 4.90 Å². The van der Waals surface area contributed by atoms with Gasteiger partial charge in [0, 0.05) is 29.6 Å². The van der Waals surface area contributed by atoms with Crippen molar-refractivity contribution in [1.29, 1.82) is 5.26 Å². The second-order valence-corrected chi connectivity index (χ2v) is 7.55. The highest BCUT2D eigenvalue weighted by Crippen LogP contribution is 2.32. The molecule has 1 unspecified atom stereocenters. The van der Waals surface area contributed by atoms with Crippen LogP contribution >= 0.6 is 0 Å². The Morgan fingerprint density at radius 2 is 2.00 bits per heavy atom. The van der Waals surface area contributed by atoms with Crippen LogP contribution in [0, 0.1) is 25.2 Å². The molecule has 0 amide bonds. The van der Waals surface area contributed by atoms with Crippen molar-refractivity contribution in [1.82, 2.24) is 10.2 Å². The molecule has 0 radical (unpaired) electrons. The molecule has 6 heteroatoms. The minimum absolute atomic E-state index is 0.203. The summed E-state index contributed by atoms with van der Waals surface area (Å²) in [7, 11) is -0.822. The Bertz CT molecular complexity index is 604. The van der Waals surface area contributed by atoms with E-state index in [1.165, 1.54) is 0 Å². The van der Waals surface area contributed by atoms with Crippen molar-refractivity contribution in [2.75, 3.05) is 23.7 Å². The average Bonchev–Trinajstić information content (AvgIpc) is 2.51. The van der Waals surface area contributed by atoms with E-state index in [1.54, 1.807) is 0 Å². The second-order valence-electron chi connectivity index (χ2n) is 5.58. The van der Waals surface area contributed by atoms with Crippen molar-refractivity contribution >= 4 is 16.6 Å². The van der Waals surface area contributed by atoms with Crippen LogP contribution in [0.2, 0.25) is 0 Å². The molecule has 1 aromatic heterocycles. The van der Waals surface area contributed by atoms with Crippen molar-refractivity contribution < 1.29 is 4.21 Å². The summed E-state index contributed by atoms with van der Waals surface area (Å²) >= 11 is 0. The Labute approximate surface area is 128 Å². The maximum absolute atomic E-state index is 12.4. The van der Waals surface area contributed by atoms with Crippen molar-refractivity contribution in [3.05, 3.63) is 16.8 Å². The third kappa shape index (κ3) is 2.67. The normalized spacial score (nSPS) is 21.1. The molecule has 1 saturated heterocycles. The van der Waals surface area contributed by atoms with Crippen LogP contribution in [0.1, 0.15) is 43.5 Å². The van der Waals surface area contributed by atoms with Gasteiger partial charge in [-0.2, -0.15) is 10.4 Å². The van der Waals surface area contributed by atoms with Gasteiger partial charge in [-0.15, -0.1) is 5.10 Å². The topological polar surface area (TPSA) is 69.9 Å². The SMILES string of the molecule is CCC1(CC)CN(c2nnc(C)c(C)c2C#N)CCS1=O. The molecule has 21 heavy (non-hydrogen) atoms. The van der Waals surface area contributed by atoms with E-state index >= 15 is 0 Å². The van der Waals surface area contributed by atoms with E-state index in [1.807, 2.05) is 13.8 Å². The number of hydrogen-bond donors (Lipinski definition) is 0. The minimum atomic E-state index is -0.822. The zero-order chi connectivity index (χ0) is 15.6. The molecular weight excluding hydrogens is 284 g/mol. The molecule has 1 aromatic rings. The van der Waals surface area contributed by atoms with Crippen LogP contribution in [0.25, 0.3) is 0 Å². The van der Waals surface area contributed by atoms with Crippen molar-refractivity contribution in [3.63, 3.8) is 0 Å². The fourth-order valence-corrected chi connectivity index (χ4v) is 4.60. The predicted octanol–water partition coefficient (Wildman–Crippen LogP) is 2.09. The standard InChI is InChI=1S/C15H22N4OS/c1-5-15(6-2)10-19(7-8-21(15)20)14-13(9-16)11(3)12(4)17-18-14/h5-8,10H2,1-4H3. The summed E-state index contributed by atoms with van der Waals surface area (Å²) in [6.45, 7) is 9.28. The van der Waals surface area contributed by atoms with Gasteiger partial charge in [0.05, 0.1) is 10.4 Å². The third-order valence-corrected chi connectivity index (χ3v) is 6.87. The smallest absolute Gasteiger partial charge is 0.169 e. The molecule has 2 heterocycles. The van der Waals surface area contributed by atoms with Crippen molar-refractivity contribution in [2.45, 2.75) is 45.3 Å². The summed E-state index contributed by atoms with van der Waals surface area (Å²) in [4.78, 5) is 2.09. The summed E-state index contributed by atoms with van der Waals surface area (Å²) in [6, 6.07) is 2.26. The Morgan fingerprint density at radius 3 is 2.57 bits per heavy atom.